The van der Waals surface area contributed by atoms with Crippen molar-refractivity contribution < 1.29 is 4.79 Å². The Hall–Kier alpha value is -1.04. The topological polar surface area (TPSA) is 52.9 Å². The second-order valence-corrected chi connectivity index (χ2v) is 5.58. The van der Waals surface area contributed by atoms with Gasteiger partial charge in [0, 0.05) is 5.92 Å². The lowest BCUT2D eigenvalue weighted by atomic mass is 9.90. The molecule has 0 heterocycles. The second-order valence-electron chi connectivity index (χ2n) is 5.58. The predicted molar refractivity (Wildman–Crippen MR) is 66.1 cm³/mol. The van der Waals surface area contributed by atoms with Crippen molar-refractivity contribution in [1.29, 1.82) is 5.26 Å². The highest BCUT2D eigenvalue weighted by molar-refractivity contribution is 5.80. The van der Waals surface area contributed by atoms with Crippen molar-refractivity contribution in [3.05, 3.63) is 0 Å². The van der Waals surface area contributed by atoms with Crippen molar-refractivity contribution in [2.75, 3.05) is 0 Å². The van der Waals surface area contributed by atoms with Gasteiger partial charge in [0.25, 0.3) is 0 Å². The zero-order valence-corrected chi connectivity index (χ0v) is 10.5. The first kappa shape index (κ1) is 12.4. The van der Waals surface area contributed by atoms with Crippen LogP contribution in [0.25, 0.3) is 0 Å². The van der Waals surface area contributed by atoms with E-state index in [9.17, 15) is 10.1 Å². The maximum absolute atomic E-state index is 12.1. The van der Waals surface area contributed by atoms with E-state index in [0.717, 1.165) is 51.4 Å². The van der Waals surface area contributed by atoms with Crippen molar-refractivity contribution in [2.45, 2.75) is 69.7 Å². The minimum atomic E-state index is -0.559. The monoisotopic (exact) mass is 234 g/mol. The van der Waals surface area contributed by atoms with Crippen molar-refractivity contribution in [3.8, 4) is 6.07 Å². The van der Waals surface area contributed by atoms with Gasteiger partial charge < -0.3 is 5.32 Å². The van der Waals surface area contributed by atoms with Gasteiger partial charge in [0.05, 0.1) is 6.07 Å². The fourth-order valence-corrected chi connectivity index (χ4v) is 3.12. The minimum Gasteiger partial charge on any atom is -0.338 e. The Morgan fingerprint density at radius 3 is 2.18 bits per heavy atom. The van der Waals surface area contributed by atoms with Crippen molar-refractivity contribution >= 4 is 5.91 Å². The number of nitrogens with zero attached hydrogens (tertiary/aromatic N) is 1. The van der Waals surface area contributed by atoms with Gasteiger partial charge in [-0.2, -0.15) is 5.26 Å². The molecule has 2 aliphatic carbocycles. The first-order valence-electron chi connectivity index (χ1n) is 6.99. The van der Waals surface area contributed by atoms with Crippen molar-refractivity contribution in [1.82, 2.24) is 5.32 Å². The number of carbonyl (C=O) groups is 1. The molecule has 2 saturated carbocycles. The van der Waals surface area contributed by atoms with Gasteiger partial charge >= 0.3 is 0 Å². The molecular weight excluding hydrogens is 212 g/mol. The fraction of sp³-hybridized carbons (Fsp3) is 0.857. The average molecular weight is 234 g/mol. The fourth-order valence-electron chi connectivity index (χ4n) is 3.12. The van der Waals surface area contributed by atoms with E-state index < -0.39 is 5.54 Å². The molecule has 2 aliphatic rings. The highest BCUT2D eigenvalue weighted by Crippen LogP contribution is 2.29. The van der Waals surface area contributed by atoms with Gasteiger partial charge in [-0.3, -0.25) is 4.79 Å². The van der Waals surface area contributed by atoms with Crippen LogP contribution in [-0.2, 0) is 4.79 Å². The van der Waals surface area contributed by atoms with E-state index in [2.05, 4.69) is 11.4 Å². The Kier molecular flexibility index (Phi) is 4.04. The third kappa shape index (κ3) is 3.00. The van der Waals surface area contributed by atoms with Crippen molar-refractivity contribution in [2.24, 2.45) is 5.92 Å². The second kappa shape index (κ2) is 5.53. The van der Waals surface area contributed by atoms with Crippen LogP contribution >= 0.6 is 0 Å². The molecule has 0 aromatic carbocycles. The zero-order chi connectivity index (χ0) is 12.1. The number of hydrogen-bond acceptors (Lipinski definition) is 2. The molecule has 0 radical (unpaired) electrons. The van der Waals surface area contributed by atoms with Gasteiger partial charge in [-0.15, -0.1) is 0 Å². The summed E-state index contributed by atoms with van der Waals surface area (Å²) in [6.07, 6.45) is 10.5. The van der Waals surface area contributed by atoms with Gasteiger partial charge in [-0.05, 0) is 25.7 Å². The molecule has 0 saturated heterocycles. The lowest BCUT2D eigenvalue weighted by Crippen LogP contribution is -2.48. The van der Waals surface area contributed by atoms with Crippen LogP contribution in [-0.4, -0.2) is 11.4 Å². The molecule has 1 N–H and O–H groups in total. The summed E-state index contributed by atoms with van der Waals surface area (Å²) in [7, 11) is 0. The van der Waals surface area contributed by atoms with Crippen LogP contribution in [0.1, 0.15) is 64.2 Å². The molecule has 0 aromatic heterocycles. The van der Waals surface area contributed by atoms with Gasteiger partial charge in [-0.1, -0.05) is 38.5 Å². The highest BCUT2D eigenvalue weighted by Gasteiger charge is 2.35. The van der Waals surface area contributed by atoms with Crippen LogP contribution in [0.4, 0.5) is 0 Å². The van der Waals surface area contributed by atoms with E-state index in [0.29, 0.717) is 0 Å². The maximum atomic E-state index is 12.1. The first-order chi connectivity index (χ1) is 8.26. The van der Waals surface area contributed by atoms with E-state index in [1.807, 2.05) is 0 Å². The van der Waals surface area contributed by atoms with Crippen LogP contribution in [0.2, 0.25) is 0 Å². The number of amides is 1. The highest BCUT2D eigenvalue weighted by atomic mass is 16.2. The third-order valence-electron chi connectivity index (χ3n) is 4.26. The van der Waals surface area contributed by atoms with Gasteiger partial charge in [0.15, 0.2) is 0 Å². The number of rotatable bonds is 2. The largest absolute Gasteiger partial charge is 0.338 e. The lowest BCUT2D eigenvalue weighted by Gasteiger charge is -2.27. The Labute approximate surface area is 104 Å². The van der Waals surface area contributed by atoms with Gasteiger partial charge in [0.2, 0.25) is 5.91 Å². The molecule has 0 unspecified atom stereocenters. The molecule has 3 heteroatoms. The van der Waals surface area contributed by atoms with Crippen LogP contribution in [0.5, 0.6) is 0 Å². The summed E-state index contributed by atoms with van der Waals surface area (Å²) in [5.74, 6) is 0.300. The van der Waals surface area contributed by atoms with E-state index in [1.54, 1.807) is 0 Å². The van der Waals surface area contributed by atoms with E-state index >= 15 is 0 Å². The smallest absolute Gasteiger partial charge is 0.224 e. The summed E-state index contributed by atoms with van der Waals surface area (Å²) in [5.41, 5.74) is -0.559. The van der Waals surface area contributed by atoms with Crippen LogP contribution in [0, 0.1) is 17.2 Å². The average Bonchev–Trinajstić information content (AvgIpc) is 2.78. The minimum absolute atomic E-state index is 0.131. The number of nitriles is 1. The van der Waals surface area contributed by atoms with Gasteiger partial charge in [-0.25, -0.2) is 0 Å². The Bertz CT molecular complexity index is 305. The molecule has 17 heavy (non-hydrogen) atoms. The summed E-state index contributed by atoms with van der Waals surface area (Å²) in [4.78, 5) is 12.1. The normalized spacial score (nSPS) is 24.9. The number of hydrogen-bond donors (Lipinski definition) is 1. The predicted octanol–water partition coefficient (Wildman–Crippen LogP) is 2.91. The van der Waals surface area contributed by atoms with Crippen LogP contribution in [0.3, 0.4) is 0 Å². The summed E-state index contributed by atoms with van der Waals surface area (Å²) >= 11 is 0. The van der Waals surface area contributed by atoms with Crippen LogP contribution in [0.15, 0.2) is 0 Å². The SMILES string of the molecule is N#CC1(NC(=O)C2CCCC2)CCCCCC1. The van der Waals surface area contributed by atoms with Crippen LogP contribution < -0.4 is 5.32 Å². The van der Waals surface area contributed by atoms with Crippen molar-refractivity contribution in [3.63, 3.8) is 0 Å². The molecule has 0 spiro atoms. The summed E-state index contributed by atoms with van der Waals surface area (Å²) < 4.78 is 0. The molecule has 3 nitrogen and oxygen atoms in total. The number of nitrogens with one attached hydrogen (secondary N) is 1. The molecule has 0 atom stereocenters. The standard InChI is InChI=1S/C14H22N2O/c15-11-14(9-5-1-2-6-10-14)16-13(17)12-7-3-4-8-12/h12H,1-10H2,(H,16,17). The zero-order valence-electron chi connectivity index (χ0n) is 10.5. The van der Waals surface area contributed by atoms with E-state index in [-0.39, 0.29) is 11.8 Å². The quantitative estimate of drug-likeness (QED) is 0.747. The Morgan fingerprint density at radius 2 is 1.65 bits per heavy atom. The molecule has 2 fully saturated rings. The van der Waals surface area contributed by atoms with E-state index in [4.69, 9.17) is 0 Å². The molecular formula is C14H22N2O. The third-order valence-corrected chi connectivity index (χ3v) is 4.26. The summed E-state index contributed by atoms with van der Waals surface area (Å²) in [6, 6.07) is 2.38. The molecule has 1 amide bonds. The summed E-state index contributed by atoms with van der Waals surface area (Å²) in [5, 5.41) is 12.5. The molecule has 0 aromatic rings. The Morgan fingerprint density at radius 1 is 1.06 bits per heavy atom. The van der Waals surface area contributed by atoms with Gasteiger partial charge in [0.1, 0.15) is 5.54 Å². The summed E-state index contributed by atoms with van der Waals surface area (Å²) in [6.45, 7) is 0. The first-order valence-corrected chi connectivity index (χ1v) is 6.99. The molecule has 2 rings (SSSR count). The Balaban J connectivity index is 1.97. The molecule has 0 aliphatic heterocycles. The lowest BCUT2D eigenvalue weighted by molar-refractivity contribution is -0.126. The molecule has 94 valence electrons. The molecule has 0 bridgehead atoms. The maximum Gasteiger partial charge on any atom is 0.224 e. The van der Waals surface area contributed by atoms with E-state index in [1.165, 1.54) is 12.8 Å². The number of carbonyl (C=O) groups excluding carboxylic acids is 1.